The van der Waals surface area contributed by atoms with Crippen molar-refractivity contribution in [2.45, 2.75) is 32.6 Å². The molecule has 2 atom stereocenters. The van der Waals surface area contributed by atoms with Gasteiger partial charge in [0.25, 0.3) is 0 Å². The molecule has 0 aliphatic carbocycles. The van der Waals surface area contributed by atoms with E-state index in [0.29, 0.717) is 39.1 Å². The fourth-order valence-corrected chi connectivity index (χ4v) is 2.83. The number of amides is 2. The van der Waals surface area contributed by atoms with E-state index in [0.717, 1.165) is 12.8 Å². The summed E-state index contributed by atoms with van der Waals surface area (Å²) >= 11 is 0. The molecule has 0 aromatic rings. The topological polar surface area (TPSA) is 75.7 Å². The lowest BCUT2D eigenvalue weighted by Crippen LogP contribution is -2.49. The standard InChI is InChI=1S/C14H22N2O4/c1-2-20-14(19)11-4-3-7-16(9-11)13(18)10-5-6-12(17)15-8-10/h10-11H,2-9H2,1H3,(H,15,17). The van der Waals surface area contributed by atoms with Gasteiger partial charge in [0.1, 0.15) is 0 Å². The lowest BCUT2D eigenvalue weighted by atomic mass is 9.93. The minimum atomic E-state index is -0.207. The van der Waals surface area contributed by atoms with Gasteiger partial charge in [0, 0.05) is 26.1 Å². The maximum absolute atomic E-state index is 12.4. The van der Waals surface area contributed by atoms with Crippen LogP contribution in [0.5, 0.6) is 0 Å². The number of carbonyl (C=O) groups is 3. The average Bonchev–Trinajstić information content (AvgIpc) is 2.48. The van der Waals surface area contributed by atoms with E-state index in [1.807, 2.05) is 0 Å². The molecule has 2 unspecified atom stereocenters. The van der Waals surface area contributed by atoms with Gasteiger partial charge >= 0.3 is 5.97 Å². The smallest absolute Gasteiger partial charge is 0.310 e. The molecule has 0 radical (unpaired) electrons. The number of nitrogens with zero attached hydrogens (tertiary/aromatic N) is 1. The normalized spacial score (nSPS) is 26.9. The van der Waals surface area contributed by atoms with Crippen LogP contribution in [0, 0.1) is 11.8 Å². The molecule has 2 aliphatic heterocycles. The molecule has 6 heteroatoms. The summed E-state index contributed by atoms with van der Waals surface area (Å²) in [5.74, 6) is -0.488. The van der Waals surface area contributed by atoms with Crippen LogP contribution >= 0.6 is 0 Å². The van der Waals surface area contributed by atoms with E-state index in [4.69, 9.17) is 4.74 Å². The maximum Gasteiger partial charge on any atom is 0.310 e. The van der Waals surface area contributed by atoms with Gasteiger partial charge in [-0.15, -0.1) is 0 Å². The number of rotatable bonds is 3. The molecule has 20 heavy (non-hydrogen) atoms. The highest BCUT2D eigenvalue weighted by Gasteiger charge is 2.33. The van der Waals surface area contributed by atoms with Crippen molar-refractivity contribution >= 4 is 17.8 Å². The molecule has 2 heterocycles. The SMILES string of the molecule is CCOC(=O)C1CCCN(C(=O)C2CCC(=O)NC2)C1. The second kappa shape index (κ2) is 6.72. The highest BCUT2D eigenvalue weighted by atomic mass is 16.5. The number of hydrogen-bond donors (Lipinski definition) is 1. The molecule has 1 N–H and O–H groups in total. The molecule has 0 saturated carbocycles. The quantitative estimate of drug-likeness (QED) is 0.756. The average molecular weight is 282 g/mol. The summed E-state index contributed by atoms with van der Waals surface area (Å²) in [6.07, 6.45) is 2.62. The highest BCUT2D eigenvalue weighted by Crippen LogP contribution is 2.22. The second-order valence-electron chi connectivity index (χ2n) is 5.42. The van der Waals surface area contributed by atoms with Gasteiger partial charge in [-0.05, 0) is 26.2 Å². The summed E-state index contributed by atoms with van der Waals surface area (Å²) in [5, 5.41) is 2.73. The van der Waals surface area contributed by atoms with Crippen LogP contribution in [0.4, 0.5) is 0 Å². The minimum absolute atomic E-state index is 0.0112. The van der Waals surface area contributed by atoms with Crippen LogP contribution in [-0.4, -0.2) is 48.9 Å². The predicted molar refractivity (Wildman–Crippen MR) is 71.7 cm³/mol. The van der Waals surface area contributed by atoms with Crippen LogP contribution in [-0.2, 0) is 19.1 Å². The Kier molecular flexibility index (Phi) is 4.98. The third-order valence-electron chi connectivity index (χ3n) is 3.97. The van der Waals surface area contributed by atoms with Crippen molar-refractivity contribution < 1.29 is 19.1 Å². The number of esters is 1. The van der Waals surface area contributed by atoms with Gasteiger partial charge in [0.2, 0.25) is 11.8 Å². The zero-order chi connectivity index (χ0) is 14.5. The molecule has 112 valence electrons. The van der Waals surface area contributed by atoms with Crippen molar-refractivity contribution in [3.63, 3.8) is 0 Å². The van der Waals surface area contributed by atoms with E-state index in [-0.39, 0.29) is 29.6 Å². The van der Waals surface area contributed by atoms with Crippen LogP contribution < -0.4 is 5.32 Å². The van der Waals surface area contributed by atoms with Crippen LogP contribution in [0.15, 0.2) is 0 Å². The van der Waals surface area contributed by atoms with E-state index in [1.165, 1.54) is 0 Å². The molecule has 2 amide bonds. The van der Waals surface area contributed by atoms with Gasteiger partial charge in [0.05, 0.1) is 18.4 Å². The Morgan fingerprint density at radius 1 is 1.35 bits per heavy atom. The minimum Gasteiger partial charge on any atom is -0.466 e. The molecule has 2 aliphatic rings. The van der Waals surface area contributed by atoms with Crippen molar-refractivity contribution in [3.05, 3.63) is 0 Å². The third kappa shape index (κ3) is 3.49. The molecule has 2 saturated heterocycles. The zero-order valence-electron chi connectivity index (χ0n) is 11.9. The summed E-state index contributed by atoms with van der Waals surface area (Å²) in [7, 11) is 0. The van der Waals surface area contributed by atoms with E-state index >= 15 is 0 Å². The first kappa shape index (κ1) is 14.8. The number of nitrogens with one attached hydrogen (secondary N) is 1. The molecule has 0 bridgehead atoms. The second-order valence-corrected chi connectivity index (χ2v) is 5.42. The summed E-state index contributed by atoms with van der Waals surface area (Å²) < 4.78 is 5.04. The Hall–Kier alpha value is -1.59. The summed E-state index contributed by atoms with van der Waals surface area (Å²) in [4.78, 5) is 37.1. The van der Waals surface area contributed by atoms with Crippen LogP contribution in [0.1, 0.15) is 32.6 Å². The Balaban J connectivity index is 1.89. The molecule has 2 fully saturated rings. The number of likely N-dealkylation sites (tertiary alicyclic amines) is 1. The van der Waals surface area contributed by atoms with Gasteiger partial charge < -0.3 is 15.0 Å². The van der Waals surface area contributed by atoms with E-state index < -0.39 is 0 Å². The molecule has 0 aromatic heterocycles. The number of ether oxygens (including phenoxy) is 1. The fourth-order valence-electron chi connectivity index (χ4n) is 2.83. The van der Waals surface area contributed by atoms with Gasteiger partial charge in [-0.2, -0.15) is 0 Å². The van der Waals surface area contributed by atoms with Crippen molar-refractivity contribution in [3.8, 4) is 0 Å². The van der Waals surface area contributed by atoms with Gasteiger partial charge in [-0.1, -0.05) is 0 Å². The van der Waals surface area contributed by atoms with Gasteiger partial charge in [0.15, 0.2) is 0 Å². The number of carbonyl (C=O) groups excluding carboxylic acids is 3. The largest absolute Gasteiger partial charge is 0.466 e. The van der Waals surface area contributed by atoms with E-state index in [9.17, 15) is 14.4 Å². The van der Waals surface area contributed by atoms with Crippen LogP contribution in [0.2, 0.25) is 0 Å². The lowest BCUT2D eigenvalue weighted by molar-refractivity contribution is -0.152. The first-order chi connectivity index (χ1) is 9.61. The molecular formula is C14H22N2O4. The molecule has 0 aromatic carbocycles. The highest BCUT2D eigenvalue weighted by molar-refractivity contribution is 5.84. The van der Waals surface area contributed by atoms with Crippen molar-refractivity contribution in [1.29, 1.82) is 0 Å². The Morgan fingerprint density at radius 3 is 2.80 bits per heavy atom. The molecular weight excluding hydrogens is 260 g/mol. The fraction of sp³-hybridized carbons (Fsp3) is 0.786. The summed E-state index contributed by atoms with van der Waals surface area (Å²) in [6.45, 7) is 3.71. The lowest BCUT2D eigenvalue weighted by Gasteiger charge is -2.35. The van der Waals surface area contributed by atoms with Crippen molar-refractivity contribution in [2.24, 2.45) is 11.8 Å². The Bertz CT molecular complexity index is 387. The van der Waals surface area contributed by atoms with E-state index in [2.05, 4.69) is 5.32 Å². The number of piperidine rings is 2. The molecule has 2 rings (SSSR count). The van der Waals surface area contributed by atoms with Crippen molar-refractivity contribution in [2.75, 3.05) is 26.2 Å². The van der Waals surface area contributed by atoms with Gasteiger partial charge in [-0.25, -0.2) is 0 Å². The Morgan fingerprint density at radius 2 is 2.15 bits per heavy atom. The summed E-state index contributed by atoms with van der Waals surface area (Å²) in [6, 6.07) is 0. The Labute approximate surface area is 118 Å². The van der Waals surface area contributed by atoms with Crippen molar-refractivity contribution in [1.82, 2.24) is 10.2 Å². The predicted octanol–water partition coefficient (Wildman–Crippen LogP) is 0.314. The van der Waals surface area contributed by atoms with Gasteiger partial charge in [-0.3, -0.25) is 14.4 Å². The molecule has 0 spiro atoms. The molecule has 6 nitrogen and oxygen atoms in total. The third-order valence-corrected chi connectivity index (χ3v) is 3.97. The van der Waals surface area contributed by atoms with E-state index in [1.54, 1.807) is 11.8 Å². The first-order valence-electron chi connectivity index (χ1n) is 7.34. The zero-order valence-corrected chi connectivity index (χ0v) is 11.9. The summed E-state index contributed by atoms with van der Waals surface area (Å²) in [5.41, 5.74) is 0. The number of hydrogen-bond acceptors (Lipinski definition) is 4. The first-order valence-corrected chi connectivity index (χ1v) is 7.34. The van der Waals surface area contributed by atoms with Crippen LogP contribution in [0.3, 0.4) is 0 Å². The maximum atomic E-state index is 12.4. The monoisotopic (exact) mass is 282 g/mol. The van der Waals surface area contributed by atoms with Crippen LogP contribution in [0.25, 0.3) is 0 Å².